The molecule has 8 heteroatoms. The fourth-order valence-electron chi connectivity index (χ4n) is 1.67. The topological polar surface area (TPSA) is 90.0 Å². The number of hydrogen-bond acceptors (Lipinski definition) is 4. The first kappa shape index (κ1) is 14.1. The lowest BCUT2D eigenvalue weighted by Gasteiger charge is -2.08. The molecule has 0 atom stereocenters. The minimum atomic E-state index is -3.73. The molecule has 102 valence electrons. The number of halogens is 1. The molecule has 0 aliphatic carbocycles. The van der Waals surface area contributed by atoms with Crippen LogP contribution < -0.4 is 10.5 Å². The van der Waals surface area contributed by atoms with Gasteiger partial charge >= 0.3 is 0 Å². The van der Waals surface area contributed by atoms with Gasteiger partial charge in [-0.25, -0.2) is 8.42 Å². The number of nitrogens with two attached hydrogens (primary N) is 1. The van der Waals surface area contributed by atoms with E-state index in [4.69, 9.17) is 5.73 Å². The van der Waals surface area contributed by atoms with Crippen LogP contribution in [0.2, 0.25) is 0 Å². The molecule has 2 rings (SSSR count). The Hall–Kier alpha value is -1.29. The number of nitrogens with zero attached hydrogens (tertiary/aromatic N) is 2. The Kier molecular flexibility index (Phi) is 3.72. The smallest absolute Gasteiger partial charge is 0.267 e. The molecule has 6 nitrogen and oxygen atoms in total. The Balaban J connectivity index is 2.40. The van der Waals surface area contributed by atoms with Crippen molar-refractivity contribution in [3.8, 4) is 0 Å². The highest BCUT2D eigenvalue weighted by Crippen LogP contribution is 2.24. The lowest BCUT2D eigenvalue weighted by molar-refractivity contribution is 0.600. The zero-order chi connectivity index (χ0) is 14.2. The second-order valence-corrected chi connectivity index (χ2v) is 6.90. The van der Waals surface area contributed by atoms with Crippen molar-refractivity contribution in [3.63, 3.8) is 0 Å². The van der Waals surface area contributed by atoms with E-state index in [-0.39, 0.29) is 10.7 Å². The molecule has 2 aromatic rings. The van der Waals surface area contributed by atoms with Gasteiger partial charge < -0.3 is 5.73 Å². The molecule has 0 radical (unpaired) electrons. The molecule has 3 N–H and O–H groups in total. The highest BCUT2D eigenvalue weighted by Gasteiger charge is 2.24. The zero-order valence-corrected chi connectivity index (χ0v) is 13.4. The molecule has 1 aromatic heterocycles. The van der Waals surface area contributed by atoms with E-state index < -0.39 is 10.0 Å². The number of anilines is 2. The maximum Gasteiger partial charge on any atom is 0.267 e. The predicted molar refractivity (Wildman–Crippen MR) is 82.3 cm³/mol. The fourth-order valence-corrected chi connectivity index (χ4v) is 3.42. The maximum absolute atomic E-state index is 12.3. The van der Waals surface area contributed by atoms with Crippen LogP contribution in [-0.4, -0.2) is 18.2 Å². The molecule has 0 saturated heterocycles. The Morgan fingerprint density at radius 1 is 1.32 bits per heavy atom. The van der Waals surface area contributed by atoms with E-state index in [1.54, 1.807) is 26.1 Å². The molecule has 0 bridgehead atoms. The highest BCUT2D eigenvalue weighted by molar-refractivity contribution is 14.1. The van der Waals surface area contributed by atoms with Gasteiger partial charge in [0, 0.05) is 16.3 Å². The van der Waals surface area contributed by atoms with Gasteiger partial charge in [0.25, 0.3) is 10.0 Å². The molecule has 0 aliphatic heterocycles. The van der Waals surface area contributed by atoms with E-state index in [0.29, 0.717) is 11.4 Å². The van der Waals surface area contributed by atoms with Crippen molar-refractivity contribution in [2.24, 2.45) is 7.05 Å². The molecule has 0 amide bonds. The Bertz CT molecular complexity index is 707. The van der Waals surface area contributed by atoms with Gasteiger partial charge in [0.1, 0.15) is 0 Å². The van der Waals surface area contributed by atoms with Gasteiger partial charge in [-0.15, -0.1) is 0 Å². The summed E-state index contributed by atoms with van der Waals surface area (Å²) in [4.78, 5) is 0.0218. The first-order chi connectivity index (χ1) is 8.81. The third-order valence-corrected chi connectivity index (χ3v) is 4.94. The number of aromatic nitrogens is 2. The molecule has 0 aliphatic rings. The first-order valence-corrected chi connectivity index (χ1v) is 7.95. The zero-order valence-electron chi connectivity index (χ0n) is 10.4. The van der Waals surface area contributed by atoms with Crippen LogP contribution in [0.25, 0.3) is 0 Å². The predicted octanol–water partition coefficient (Wildman–Crippen LogP) is 1.72. The van der Waals surface area contributed by atoms with Gasteiger partial charge in [-0.05, 0) is 53.8 Å². The molecular weight excluding hydrogens is 379 g/mol. The van der Waals surface area contributed by atoms with Gasteiger partial charge in [-0.1, -0.05) is 0 Å². The summed E-state index contributed by atoms with van der Waals surface area (Å²) in [5, 5.41) is 3.91. The van der Waals surface area contributed by atoms with Crippen LogP contribution in [0.5, 0.6) is 0 Å². The summed E-state index contributed by atoms with van der Waals surface area (Å²) in [5.74, 6) is -0.00184. The third kappa shape index (κ3) is 2.84. The van der Waals surface area contributed by atoms with Gasteiger partial charge in [-0.2, -0.15) is 5.10 Å². The van der Waals surface area contributed by atoms with Crippen molar-refractivity contribution in [3.05, 3.63) is 33.5 Å². The maximum atomic E-state index is 12.3. The van der Waals surface area contributed by atoms with Crippen molar-refractivity contribution in [1.29, 1.82) is 0 Å². The van der Waals surface area contributed by atoms with Crippen LogP contribution in [0.15, 0.2) is 29.2 Å². The number of benzene rings is 1. The Labute approximate surface area is 125 Å². The van der Waals surface area contributed by atoms with Crippen molar-refractivity contribution in [2.45, 2.75) is 11.8 Å². The Morgan fingerprint density at radius 3 is 2.37 bits per heavy atom. The summed E-state index contributed by atoms with van der Waals surface area (Å²) >= 11 is 2.15. The van der Waals surface area contributed by atoms with Gasteiger partial charge in [0.05, 0.1) is 5.69 Å². The number of nitrogen functional groups attached to an aromatic ring is 1. The van der Waals surface area contributed by atoms with Crippen molar-refractivity contribution >= 4 is 44.1 Å². The average molecular weight is 392 g/mol. The molecular formula is C11H13IN4O2S. The molecule has 1 heterocycles. The molecule has 0 fully saturated rings. The molecule has 0 spiro atoms. The summed E-state index contributed by atoms with van der Waals surface area (Å²) in [5.41, 5.74) is 6.64. The minimum absolute atomic E-state index is 0.00184. The monoisotopic (exact) mass is 392 g/mol. The average Bonchev–Trinajstić information content (AvgIpc) is 2.56. The number of rotatable bonds is 3. The van der Waals surface area contributed by atoms with Crippen LogP contribution in [0.4, 0.5) is 11.5 Å². The molecule has 0 saturated carbocycles. The van der Waals surface area contributed by atoms with E-state index in [9.17, 15) is 8.42 Å². The van der Waals surface area contributed by atoms with E-state index in [1.807, 2.05) is 12.1 Å². The van der Waals surface area contributed by atoms with Crippen molar-refractivity contribution < 1.29 is 8.42 Å². The summed E-state index contributed by atoms with van der Waals surface area (Å²) in [6, 6.07) is 7.03. The quantitative estimate of drug-likeness (QED) is 0.779. The van der Waals surface area contributed by atoms with Crippen LogP contribution in [-0.2, 0) is 17.1 Å². The first-order valence-electron chi connectivity index (χ1n) is 5.39. The minimum Gasteiger partial charge on any atom is -0.381 e. The van der Waals surface area contributed by atoms with Crippen LogP contribution in [0, 0.1) is 10.5 Å². The molecule has 19 heavy (non-hydrogen) atoms. The van der Waals surface area contributed by atoms with Gasteiger partial charge in [0.15, 0.2) is 10.7 Å². The second kappa shape index (κ2) is 5.00. The van der Waals surface area contributed by atoms with Crippen molar-refractivity contribution in [1.82, 2.24) is 9.78 Å². The van der Waals surface area contributed by atoms with Crippen LogP contribution in [0.1, 0.15) is 5.69 Å². The number of sulfonamides is 1. The normalized spacial score (nSPS) is 11.5. The third-order valence-electron chi connectivity index (χ3n) is 2.67. The number of hydrogen-bond donors (Lipinski definition) is 2. The van der Waals surface area contributed by atoms with E-state index >= 15 is 0 Å². The highest BCUT2D eigenvalue weighted by atomic mass is 127. The molecule has 0 unspecified atom stereocenters. The SMILES string of the molecule is Cc1c(S(=O)(=O)Nc2ccc(I)cc2)c(N)nn1C. The van der Waals surface area contributed by atoms with Gasteiger partial charge in [0.2, 0.25) is 0 Å². The fraction of sp³-hybridized carbons (Fsp3) is 0.182. The van der Waals surface area contributed by atoms with Crippen LogP contribution in [0.3, 0.4) is 0 Å². The standard InChI is InChI=1S/C11H13IN4O2S/c1-7-10(11(13)14-16(7)2)19(17,18)15-9-5-3-8(12)4-6-9/h3-6,15H,1-2H3,(H2,13,14). The second-order valence-electron chi connectivity index (χ2n) is 4.04. The van der Waals surface area contributed by atoms with E-state index in [0.717, 1.165) is 3.57 Å². The van der Waals surface area contributed by atoms with Crippen LogP contribution >= 0.6 is 22.6 Å². The number of aryl methyl sites for hydroxylation is 1. The lowest BCUT2D eigenvalue weighted by atomic mass is 10.3. The van der Waals surface area contributed by atoms with E-state index in [1.165, 1.54) is 4.68 Å². The summed E-state index contributed by atoms with van der Waals surface area (Å²) < 4.78 is 29.6. The largest absolute Gasteiger partial charge is 0.381 e. The lowest BCUT2D eigenvalue weighted by Crippen LogP contribution is -2.15. The Morgan fingerprint density at radius 2 is 1.89 bits per heavy atom. The summed E-state index contributed by atoms with van der Waals surface area (Å²) in [6.45, 7) is 1.66. The summed E-state index contributed by atoms with van der Waals surface area (Å²) in [6.07, 6.45) is 0. The van der Waals surface area contributed by atoms with E-state index in [2.05, 4.69) is 32.4 Å². The summed E-state index contributed by atoms with van der Waals surface area (Å²) in [7, 11) is -2.08. The number of nitrogens with one attached hydrogen (secondary N) is 1. The molecule has 1 aromatic carbocycles. The van der Waals surface area contributed by atoms with Crippen molar-refractivity contribution in [2.75, 3.05) is 10.5 Å². The van der Waals surface area contributed by atoms with Gasteiger partial charge in [-0.3, -0.25) is 9.40 Å².